The smallest absolute Gasteiger partial charge is 0.307 e. The number of anilines is 2. The number of nitrogens with zero attached hydrogens (tertiary/aromatic N) is 2. The molecular weight excluding hydrogens is 366 g/mol. The first-order chi connectivity index (χ1) is 10.9. The standard InChI is InChI=1S/C15H17BrN3O4/c16-11-4-10(7-18-3-1-2-9(6-18)15(21)22)14-12(5-11)17-13(20)8-19(14)23/h4-5,9H,1-3,6-8H2,(H,17,20)(H,21,22)/q-1. The van der Waals surface area contributed by atoms with Crippen LogP contribution in [0.1, 0.15) is 18.4 Å². The predicted octanol–water partition coefficient (Wildman–Crippen LogP) is 2.00. The number of carboxylic acid groups (broad SMARTS) is 1. The fourth-order valence-electron chi connectivity index (χ4n) is 3.21. The van der Waals surface area contributed by atoms with Crippen LogP contribution < -0.4 is 10.4 Å². The number of rotatable bonds is 3. The monoisotopic (exact) mass is 382 g/mol. The van der Waals surface area contributed by atoms with Gasteiger partial charge in [0.2, 0.25) is 5.91 Å². The van der Waals surface area contributed by atoms with E-state index >= 15 is 0 Å². The average Bonchev–Trinajstić information content (AvgIpc) is 2.46. The summed E-state index contributed by atoms with van der Waals surface area (Å²) in [7, 11) is 0. The van der Waals surface area contributed by atoms with Gasteiger partial charge in [-0.25, -0.2) is 0 Å². The van der Waals surface area contributed by atoms with E-state index < -0.39 is 5.97 Å². The van der Waals surface area contributed by atoms with Crippen molar-refractivity contribution in [3.63, 3.8) is 0 Å². The molecule has 0 saturated carbocycles. The van der Waals surface area contributed by atoms with E-state index in [1.54, 1.807) is 6.07 Å². The van der Waals surface area contributed by atoms with Crippen LogP contribution in [0.25, 0.3) is 0 Å². The summed E-state index contributed by atoms with van der Waals surface area (Å²) in [6.07, 6.45) is 1.51. The van der Waals surface area contributed by atoms with Crippen LogP contribution in [0.5, 0.6) is 0 Å². The number of nitrogens with one attached hydrogen (secondary N) is 1. The van der Waals surface area contributed by atoms with E-state index in [1.807, 2.05) is 6.07 Å². The van der Waals surface area contributed by atoms with Crippen molar-refractivity contribution in [3.8, 4) is 0 Å². The lowest BCUT2D eigenvalue weighted by Gasteiger charge is -2.39. The molecule has 23 heavy (non-hydrogen) atoms. The number of hydrogen-bond acceptors (Lipinski definition) is 5. The number of carbonyl (C=O) groups is 2. The SMILES string of the molecule is O=C1CN([O-])c2c(CN3CCCC(C(=O)O)C3)cc(Br)cc2N1. The summed E-state index contributed by atoms with van der Waals surface area (Å²) >= 11 is 3.40. The summed E-state index contributed by atoms with van der Waals surface area (Å²) in [5.41, 5.74) is 1.74. The molecule has 1 aromatic rings. The van der Waals surface area contributed by atoms with Crippen LogP contribution in [0.15, 0.2) is 16.6 Å². The second-order valence-electron chi connectivity index (χ2n) is 5.96. The maximum atomic E-state index is 12.2. The third kappa shape index (κ3) is 3.49. The van der Waals surface area contributed by atoms with Crippen molar-refractivity contribution >= 4 is 39.2 Å². The molecule has 1 atom stereocenters. The molecule has 2 N–H and O–H groups in total. The highest BCUT2D eigenvalue weighted by Gasteiger charge is 2.27. The van der Waals surface area contributed by atoms with Crippen LogP contribution in [0, 0.1) is 11.1 Å². The van der Waals surface area contributed by atoms with Crippen molar-refractivity contribution in [3.05, 3.63) is 27.4 Å². The van der Waals surface area contributed by atoms with Crippen LogP contribution >= 0.6 is 15.9 Å². The number of piperidine rings is 1. The predicted molar refractivity (Wildman–Crippen MR) is 89.1 cm³/mol. The van der Waals surface area contributed by atoms with E-state index in [-0.39, 0.29) is 18.4 Å². The number of carboxylic acids is 1. The number of hydroxylamine groups is 1. The number of aliphatic carboxylic acids is 1. The molecule has 0 aliphatic carbocycles. The van der Waals surface area contributed by atoms with Gasteiger partial charge in [0.05, 0.1) is 23.8 Å². The molecule has 2 aliphatic rings. The molecule has 0 aromatic heterocycles. The zero-order valence-corrected chi connectivity index (χ0v) is 14.0. The number of fused-ring (bicyclic) bond motifs is 1. The van der Waals surface area contributed by atoms with E-state index in [2.05, 4.69) is 26.1 Å². The van der Waals surface area contributed by atoms with Crippen LogP contribution in [0.2, 0.25) is 0 Å². The maximum Gasteiger partial charge on any atom is 0.307 e. The maximum absolute atomic E-state index is 12.2. The highest BCUT2D eigenvalue weighted by Crippen LogP contribution is 2.37. The van der Waals surface area contributed by atoms with Gasteiger partial charge in [0, 0.05) is 17.6 Å². The van der Waals surface area contributed by atoms with Crippen molar-refractivity contribution in [2.75, 3.05) is 30.0 Å². The minimum atomic E-state index is -0.774. The van der Waals surface area contributed by atoms with Gasteiger partial charge in [-0.15, -0.1) is 0 Å². The number of amides is 1. The highest BCUT2D eigenvalue weighted by atomic mass is 79.9. The molecule has 1 aromatic carbocycles. The molecule has 2 heterocycles. The summed E-state index contributed by atoms with van der Waals surface area (Å²) in [5, 5.41) is 24.8. The lowest BCUT2D eigenvalue weighted by atomic mass is 9.97. The number of halogens is 1. The Labute approximate surface area is 142 Å². The molecule has 8 heteroatoms. The summed E-state index contributed by atoms with van der Waals surface area (Å²) < 4.78 is 0.772. The Balaban J connectivity index is 1.85. The van der Waals surface area contributed by atoms with E-state index in [0.717, 1.165) is 23.0 Å². The third-order valence-electron chi connectivity index (χ3n) is 4.21. The molecule has 3 rings (SSSR count). The van der Waals surface area contributed by atoms with Crippen molar-refractivity contribution in [1.82, 2.24) is 4.90 Å². The molecule has 0 radical (unpaired) electrons. The Morgan fingerprint density at radius 1 is 1.48 bits per heavy atom. The number of hydrogen-bond donors (Lipinski definition) is 2. The first-order valence-corrected chi connectivity index (χ1v) is 8.25. The Bertz CT molecular complexity index is 652. The Morgan fingerprint density at radius 2 is 2.26 bits per heavy atom. The van der Waals surface area contributed by atoms with Gasteiger partial charge < -0.3 is 20.7 Å². The Hall–Kier alpha value is -1.64. The molecule has 1 saturated heterocycles. The van der Waals surface area contributed by atoms with Crippen molar-refractivity contribution < 1.29 is 14.7 Å². The van der Waals surface area contributed by atoms with E-state index in [1.165, 1.54) is 0 Å². The molecular formula is C15H17BrN3O4-. The number of carbonyl (C=O) groups excluding carboxylic acids is 1. The lowest BCUT2D eigenvalue weighted by Crippen LogP contribution is -2.39. The van der Waals surface area contributed by atoms with Gasteiger partial charge in [-0.1, -0.05) is 15.9 Å². The third-order valence-corrected chi connectivity index (χ3v) is 4.67. The fraction of sp³-hybridized carbons (Fsp3) is 0.467. The van der Waals surface area contributed by atoms with Crippen LogP contribution in [-0.2, 0) is 16.1 Å². The van der Waals surface area contributed by atoms with E-state index in [4.69, 9.17) is 0 Å². The second-order valence-corrected chi connectivity index (χ2v) is 6.87. The first-order valence-electron chi connectivity index (χ1n) is 7.46. The van der Waals surface area contributed by atoms with Crippen LogP contribution in [0.4, 0.5) is 11.4 Å². The molecule has 7 nitrogen and oxygen atoms in total. The number of likely N-dealkylation sites (tertiary alicyclic amines) is 1. The van der Waals surface area contributed by atoms with Gasteiger partial charge in [-0.05, 0) is 37.1 Å². The van der Waals surface area contributed by atoms with Crippen molar-refractivity contribution in [1.29, 1.82) is 0 Å². The zero-order valence-electron chi connectivity index (χ0n) is 12.4. The largest absolute Gasteiger partial charge is 0.758 e. The van der Waals surface area contributed by atoms with Gasteiger partial charge >= 0.3 is 5.97 Å². The zero-order chi connectivity index (χ0) is 16.6. The fourth-order valence-corrected chi connectivity index (χ4v) is 3.71. The summed E-state index contributed by atoms with van der Waals surface area (Å²) in [6, 6.07) is 3.56. The molecule has 1 amide bonds. The molecule has 1 unspecified atom stereocenters. The summed E-state index contributed by atoms with van der Waals surface area (Å²) in [6.45, 7) is 1.54. The normalized spacial score (nSPS) is 21.7. The molecule has 1 fully saturated rings. The highest BCUT2D eigenvalue weighted by molar-refractivity contribution is 9.10. The minimum absolute atomic E-state index is 0.223. The van der Waals surface area contributed by atoms with Crippen molar-refractivity contribution in [2.24, 2.45) is 5.92 Å². The van der Waals surface area contributed by atoms with Gasteiger partial charge in [0.15, 0.2) is 0 Å². The molecule has 0 spiro atoms. The lowest BCUT2D eigenvalue weighted by molar-refractivity contribution is -0.143. The van der Waals surface area contributed by atoms with Gasteiger partial charge in [-0.3, -0.25) is 14.5 Å². The Kier molecular flexibility index (Phi) is 4.56. The molecule has 0 bridgehead atoms. The van der Waals surface area contributed by atoms with Gasteiger partial charge in [0.25, 0.3) is 0 Å². The van der Waals surface area contributed by atoms with Crippen LogP contribution in [-0.4, -0.2) is 41.5 Å². The van der Waals surface area contributed by atoms with Crippen molar-refractivity contribution in [2.45, 2.75) is 19.4 Å². The van der Waals surface area contributed by atoms with Crippen LogP contribution in [0.3, 0.4) is 0 Å². The molecule has 2 aliphatic heterocycles. The minimum Gasteiger partial charge on any atom is -0.758 e. The average molecular weight is 383 g/mol. The van der Waals surface area contributed by atoms with E-state index in [0.29, 0.717) is 35.9 Å². The van der Waals surface area contributed by atoms with Gasteiger partial charge in [-0.2, -0.15) is 0 Å². The van der Waals surface area contributed by atoms with E-state index in [9.17, 15) is 19.9 Å². The summed E-state index contributed by atoms with van der Waals surface area (Å²) in [4.78, 5) is 24.8. The Morgan fingerprint density at radius 3 is 3.00 bits per heavy atom. The number of benzene rings is 1. The molecule has 124 valence electrons. The first kappa shape index (κ1) is 16.2. The second kappa shape index (κ2) is 6.46. The topological polar surface area (TPSA) is 95.9 Å². The van der Waals surface area contributed by atoms with Gasteiger partial charge in [0.1, 0.15) is 0 Å². The quantitative estimate of drug-likeness (QED) is 0.829. The summed E-state index contributed by atoms with van der Waals surface area (Å²) in [5.74, 6) is -1.47.